The average Bonchev–Trinajstić information content (AvgIpc) is 2.23. The molecule has 0 aliphatic rings. The SMILES string of the molecule is CCNCCCNC(=O)CCOCC(F)(F)F. The van der Waals surface area contributed by atoms with E-state index in [9.17, 15) is 18.0 Å². The molecule has 4 nitrogen and oxygen atoms in total. The highest BCUT2D eigenvalue weighted by Crippen LogP contribution is 2.14. The summed E-state index contributed by atoms with van der Waals surface area (Å²) >= 11 is 0. The highest BCUT2D eigenvalue weighted by molar-refractivity contribution is 5.75. The van der Waals surface area contributed by atoms with Crippen molar-refractivity contribution in [2.24, 2.45) is 0 Å². The molecule has 0 aliphatic heterocycles. The summed E-state index contributed by atoms with van der Waals surface area (Å²) in [7, 11) is 0. The molecule has 0 bridgehead atoms. The molecule has 0 unspecified atom stereocenters. The molecule has 0 atom stereocenters. The second-order valence-corrected chi connectivity index (χ2v) is 3.47. The topological polar surface area (TPSA) is 50.4 Å². The first-order chi connectivity index (χ1) is 7.95. The van der Waals surface area contributed by atoms with Crippen LogP contribution in [0.1, 0.15) is 19.8 Å². The molecule has 0 saturated carbocycles. The van der Waals surface area contributed by atoms with Gasteiger partial charge < -0.3 is 15.4 Å². The van der Waals surface area contributed by atoms with Crippen LogP contribution in [-0.2, 0) is 9.53 Å². The molecule has 1 amide bonds. The van der Waals surface area contributed by atoms with Crippen LogP contribution in [0.2, 0.25) is 0 Å². The van der Waals surface area contributed by atoms with Gasteiger partial charge in [-0.05, 0) is 19.5 Å². The number of hydrogen-bond acceptors (Lipinski definition) is 3. The van der Waals surface area contributed by atoms with E-state index in [4.69, 9.17) is 0 Å². The highest BCUT2D eigenvalue weighted by Gasteiger charge is 2.27. The minimum absolute atomic E-state index is 0.0444. The average molecular weight is 256 g/mol. The third-order valence-corrected chi connectivity index (χ3v) is 1.84. The lowest BCUT2D eigenvalue weighted by molar-refractivity contribution is -0.174. The van der Waals surface area contributed by atoms with Gasteiger partial charge in [-0.25, -0.2) is 0 Å². The van der Waals surface area contributed by atoms with Gasteiger partial charge in [-0.2, -0.15) is 13.2 Å². The van der Waals surface area contributed by atoms with Crippen LogP contribution < -0.4 is 10.6 Å². The molecule has 0 spiro atoms. The zero-order valence-electron chi connectivity index (χ0n) is 9.90. The minimum Gasteiger partial charge on any atom is -0.372 e. The fourth-order valence-electron chi connectivity index (χ4n) is 1.06. The second-order valence-electron chi connectivity index (χ2n) is 3.47. The van der Waals surface area contributed by atoms with Crippen LogP contribution in [0, 0.1) is 0 Å². The quantitative estimate of drug-likeness (QED) is 0.607. The fraction of sp³-hybridized carbons (Fsp3) is 0.900. The number of carbonyl (C=O) groups excluding carboxylic acids is 1. The van der Waals surface area contributed by atoms with Crippen molar-refractivity contribution < 1.29 is 22.7 Å². The van der Waals surface area contributed by atoms with Crippen LogP contribution in [0.5, 0.6) is 0 Å². The Hall–Kier alpha value is -0.820. The normalized spacial score (nSPS) is 11.5. The van der Waals surface area contributed by atoms with Gasteiger partial charge in [-0.1, -0.05) is 6.92 Å². The van der Waals surface area contributed by atoms with E-state index in [1.807, 2.05) is 6.92 Å². The lowest BCUT2D eigenvalue weighted by atomic mass is 10.3. The third-order valence-electron chi connectivity index (χ3n) is 1.84. The summed E-state index contributed by atoms with van der Waals surface area (Å²) in [6.45, 7) is 2.67. The van der Waals surface area contributed by atoms with E-state index in [1.165, 1.54) is 0 Å². The first-order valence-electron chi connectivity index (χ1n) is 5.57. The van der Waals surface area contributed by atoms with E-state index in [0.29, 0.717) is 6.54 Å². The first kappa shape index (κ1) is 16.2. The van der Waals surface area contributed by atoms with E-state index in [2.05, 4.69) is 15.4 Å². The van der Waals surface area contributed by atoms with Crippen molar-refractivity contribution in [3.8, 4) is 0 Å². The summed E-state index contributed by atoms with van der Waals surface area (Å²) in [4.78, 5) is 11.1. The van der Waals surface area contributed by atoms with Crippen LogP contribution in [0.3, 0.4) is 0 Å². The van der Waals surface area contributed by atoms with Crippen LogP contribution >= 0.6 is 0 Å². The Balaban J connectivity index is 3.29. The van der Waals surface area contributed by atoms with Crippen LogP contribution in [-0.4, -0.2) is 44.9 Å². The van der Waals surface area contributed by atoms with Crippen LogP contribution in [0.25, 0.3) is 0 Å². The summed E-state index contributed by atoms with van der Waals surface area (Å²) in [6, 6.07) is 0. The van der Waals surface area contributed by atoms with Crippen molar-refractivity contribution in [1.29, 1.82) is 0 Å². The predicted octanol–water partition coefficient (Wildman–Crippen LogP) is 1.07. The van der Waals surface area contributed by atoms with Crippen LogP contribution in [0.15, 0.2) is 0 Å². The number of alkyl halides is 3. The van der Waals surface area contributed by atoms with Gasteiger partial charge in [0, 0.05) is 13.0 Å². The van der Waals surface area contributed by atoms with Crippen molar-refractivity contribution in [2.75, 3.05) is 32.8 Å². The Morgan fingerprint density at radius 2 is 2.00 bits per heavy atom. The fourth-order valence-corrected chi connectivity index (χ4v) is 1.06. The van der Waals surface area contributed by atoms with Crippen molar-refractivity contribution in [1.82, 2.24) is 10.6 Å². The molecule has 0 rings (SSSR count). The summed E-state index contributed by atoms with van der Waals surface area (Å²) in [5.41, 5.74) is 0. The van der Waals surface area contributed by atoms with Crippen molar-refractivity contribution >= 4 is 5.91 Å². The Labute approximate surface area is 98.9 Å². The Kier molecular flexibility index (Phi) is 8.79. The Morgan fingerprint density at radius 1 is 1.29 bits per heavy atom. The molecule has 102 valence electrons. The molecule has 0 fully saturated rings. The van der Waals surface area contributed by atoms with E-state index < -0.39 is 12.8 Å². The number of ether oxygens (including phenoxy) is 1. The molecule has 2 N–H and O–H groups in total. The first-order valence-corrected chi connectivity index (χ1v) is 5.57. The van der Waals surface area contributed by atoms with Crippen molar-refractivity contribution in [3.63, 3.8) is 0 Å². The summed E-state index contributed by atoms with van der Waals surface area (Å²) in [5.74, 6) is -0.288. The molecule has 0 aromatic heterocycles. The molecule has 17 heavy (non-hydrogen) atoms. The Morgan fingerprint density at radius 3 is 2.59 bits per heavy atom. The number of halogens is 3. The minimum atomic E-state index is -4.33. The lowest BCUT2D eigenvalue weighted by Gasteiger charge is -2.08. The van der Waals surface area contributed by atoms with Crippen molar-refractivity contribution in [3.05, 3.63) is 0 Å². The largest absolute Gasteiger partial charge is 0.411 e. The maximum Gasteiger partial charge on any atom is 0.411 e. The Bertz CT molecular complexity index is 210. The summed E-state index contributed by atoms with van der Waals surface area (Å²) in [6.07, 6.45) is -3.58. The number of nitrogens with one attached hydrogen (secondary N) is 2. The predicted molar refractivity (Wildman–Crippen MR) is 57.7 cm³/mol. The van der Waals surface area contributed by atoms with Crippen LogP contribution in [0.4, 0.5) is 13.2 Å². The van der Waals surface area contributed by atoms with Gasteiger partial charge in [0.15, 0.2) is 0 Å². The number of rotatable bonds is 9. The zero-order valence-corrected chi connectivity index (χ0v) is 9.90. The van der Waals surface area contributed by atoms with E-state index in [0.717, 1.165) is 19.5 Å². The smallest absolute Gasteiger partial charge is 0.372 e. The van der Waals surface area contributed by atoms with Gasteiger partial charge in [-0.3, -0.25) is 4.79 Å². The van der Waals surface area contributed by atoms with E-state index in [1.54, 1.807) is 0 Å². The summed E-state index contributed by atoms with van der Waals surface area (Å²) < 4.78 is 39.3. The standard InChI is InChI=1S/C10H19F3N2O2/c1-2-14-5-3-6-15-9(16)4-7-17-8-10(11,12)13/h14H,2-8H2,1H3,(H,15,16). The van der Waals surface area contributed by atoms with E-state index >= 15 is 0 Å². The summed E-state index contributed by atoms with van der Waals surface area (Å²) in [5, 5.41) is 5.69. The third kappa shape index (κ3) is 13.1. The molecule has 0 aliphatic carbocycles. The van der Waals surface area contributed by atoms with Gasteiger partial charge in [0.05, 0.1) is 6.61 Å². The maximum absolute atomic E-state index is 11.7. The monoisotopic (exact) mass is 256 g/mol. The second kappa shape index (κ2) is 9.23. The lowest BCUT2D eigenvalue weighted by Crippen LogP contribution is -2.28. The van der Waals surface area contributed by atoms with Gasteiger partial charge in [0.2, 0.25) is 5.91 Å². The number of amides is 1. The molecule has 0 aromatic rings. The van der Waals surface area contributed by atoms with Gasteiger partial charge >= 0.3 is 6.18 Å². The molecular formula is C10H19F3N2O2. The van der Waals surface area contributed by atoms with Gasteiger partial charge in [-0.15, -0.1) is 0 Å². The van der Waals surface area contributed by atoms with Gasteiger partial charge in [0.25, 0.3) is 0 Å². The molecule has 0 heterocycles. The maximum atomic E-state index is 11.7. The van der Waals surface area contributed by atoms with E-state index in [-0.39, 0.29) is 18.9 Å². The zero-order chi connectivity index (χ0) is 13.1. The molecule has 0 aromatic carbocycles. The molecular weight excluding hydrogens is 237 g/mol. The molecule has 0 saturated heterocycles. The van der Waals surface area contributed by atoms with Gasteiger partial charge in [0.1, 0.15) is 6.61 Å². The van der Waals surface area contributed by atoms with Crippen molar-refractivity contribution in [2.45, 2.75) is 25.9 Å². The highest BCUT2D eigenvalue weighted by atomic mass is 19.4. The number of carbonyl (C=O) groups is 1. The molecule has 7 heteroatoms. The molecule has 0 radical (unpaired) electrons. The number of hydrogen-bond donors (Lipinski definition) is 2.